The molecule has 0 aliphatic heterocycles. The smallest absolute Gasteiger partial charge is 0.294 e. The first kappa shape index (κ1) is 13.8. The number of thioether (sulfide) groups is 1. The van der Waals surface area contributed by atoms with E-state index in [9.17, 15) is 4.79 Å². The summed E-state index contributed by atoms with van der Waals surface area (Å²) in [5.41, 5.74) is -0.0999. The third kappa shape index (κ3) is 2.83. The summed E-state index contributed by atoms with van der Waals surface area (Å²) >= 11 is 2.83. The predicted octanol–water partition coefficient (Wildman–Crippen LogP) is 1.67. The van der Waals surface area contributed by atoms with Gasteiger partial charge in [-0.05, 0) is 18.4 Å². The maximum atomic E-state index is 11.6. The Kier molecular flexibility index (Phi) is 3.76. The van der Waals surface area contributed by atoms with Crippen LogP contribution in [-0.4, -0.2) is 19.9 Å². The van der Waals surface area contributed by atoms with Crippen molar-refractivity contribution in [1.29, 1.82) is 0 Å². The average molecular weight is 321 g/mol. The molecule has 9 heteroatoms. The number of oxazole rings is 1. The van der Waals surface area contributed by atoms with Gasteiger partial charge in [0, 0.05) is 0 Å². The highest BCUT2D eigenvalue weighted by Crippen LogP contribution is 2.27. The normalized spacial score (nSPS) is 10.9. The van der Waals surface area contributed by atoms with Gasteiger partial charge in [-0.3, -0.25) is 4.79 Å². The van der Waals surface area contributed by atoms with E-state index < -0.39 is 0 Å². The minimum Gasteiger partial charge on any atom is -0.439 e. The van der Waals surface area contributed by atoms with Crippen LogP contribution in [0.25, 0.3) is 10.6 Å². The Labute approximate surface area is 127 Å². The molecule has 3 aromatic heterocycles. The van der Waals surface area contributed by atoms with Crippen LogP contribution in [0.1, 0.15) is 11.6 Å². The third-order valence-corrected chi connectivity index (χ3v) is 4.47. The van der Waals surface area contributed by atoms with Gasteiger partial charge in [-0.2, -0.15) is 4.68 Å². The topological polar surface area (TPSA) is 99.8 Å². The van der Waals surface area contributed by atoms with Gasteiger partial charge in [-0.1, -0.05) is 17.8 Å². The number of nitrogens with two attached hydrogens (primary N) is 1. The van der Waals surface area contributed by atoms with Gasteiger partial charge in [0.25, 0.3) is 5.56 Å². The zero-order valence-electron chi connectivity index (χ0n) is 11.0. The number of hydrogen-bond donors (Lipinski definition) is 1. The van der Waals surface area contributed by atoms with Crippen molar-refractivity contribution >= 4 is 23.1 Å². The van der Waals surface area contributed by atoms with Crippen LogP contribution in [0.2, 0.25) is 0 Å². The second-order valence-electron chi connectivity index (χ2n) is 4.13. The number of aromatic nitrogens is 4. The van der Waals surface area contributed by atoms with Crippen LogP contribution in [0.5, 0.6) is 0 Å². The van der Waals surface area contributed by atoms with Crippen molar-refractivity contribution in [1.82, 2.24) is 19.9 Å². The fourth-order valence-corrected chi connectivity index (χ4v) is 2.98. The Morgan fingerprint density at radius 2 is 2.33 bits per heavy atom. The predicted molar refractivity (Wildman–Crippen MR) is 80.6 cm³/mol. The second-order valence-corrected chi connectivity index (χ2v) is 6.02. The maximum absolute atomic E-state index is 11.6. The van der Waals surface area contributed by atoms with Crippen LogP contribution in [0.3, 0.4) is 0 Å². The van der Waals surface area contributed by atoms with E-state index >= 15 is 0 Å². The summed E-state index contributed by atoms with van der Waals surface area (Å²) < 4.78 is 6.63. The van der Waals surface area contributed by atoms with Gasteiger partial charge in [-0.15, -0.1) is 21.5 Å². The van der Waals surface area contributed by atoms with Crippen molar-refractivity contribution in [3.8, 4) is 10.6 Å². The molecule has 0 atom stereocenters. The molecule has 0 saturated heterocycles. The van der Waals surface area contributed by atoms with Crippen molar-refractivity contribution in [2.24, 2.45) is 0 Å². The first-order chi connectivity index (χ1) is 10.1. The van der Waals surface area contributed by atoms with E-state index in [1.165, 1.54) is 11.8 Å². The van der Waals surface area contributed by atoms with Crippen molar-refractivity contribution in [2.45, 2.75) is 17.8 Å². The summed E-state index contributed by atoms with van der Waals surface area (Å²) in [6.45, 7) is 1.56. The Bertz CT molecular complexity index is 809. The van der Waals surface area contributed by atoms with Crippen molar-refractivity contribution in [2.75, 3.05) is 5.84 Å². The number of nitrogens with zero attached hydrogens (tertiary/aromatic N) is 4. The van der Waals surface area contributed by atoms with E-state index in [2.05, 4.69) is 15.2 Å². The van der Waals surface area contributed by atoms with Crippen LogP contribution < -0.4 is 11.4 Å². The fourth-order valence-electron chi connectivity index (χ4n) is 1.60. The molecule has 7 nitrogen and oxygen atoms in total. The number of hydrogen-bond acceptors (Lipinski definition) is 8. The molecule has 0 spiro atoms. The molecular weight excluding hydrogens is 310 g/mol. The van der Waals surface area contributed by atoms with E-state index in [1.807, 2.05) is 17.5 Å². The minimum atomic E-state index is -0.362. The summed E-state index contributed by atoms with van der Waals surface area (Å²) in [6.07, 6.45) is 1.68. The number of rotatable bonds is 4. The highest BCUT2D eigenvalue weighted by atomic mass is 32.2. The summed E-state index contributed by atoms with van der Waals surface area (Å²) in [5, 5.41) is 9.95. The Hall–Kier alpha value is -2.13. The van der Waals surface area contributed by atoms with Gasteiger partial charge in [0.05, 0.1) is 16.8 Å². The quantitative estimate of drug-likeness (QED) is 0.576. The summed E-state index contributed by atoms with van der Waals surface area (Å²) in [4.78, 5) is 16.9. The first-order valence-electron chi connectivity index (χ1n) is 5.98. The zero-order valence-corrected chi connectivity index (χ0v) is 12.6. The number of thiophene rings is 1. The molecule has 0 aliphatic carbocycles. The minimum absolute atomic E-state index is 0.262. The number of aryl methyl sites for hydroxylation is 1. The molecule has 108 valence electrons. The molecule has 0 unspecified atom stereocenters. The summed E-state index contributed by atoms with van der Waals surface area (Å²) in [6, 6.07) is 3.91. The van der Waals surface area contributed by atoms with E-state index in [-0.39, 0.29) is 11.3 Å². The molecule has 3 aromatic rings. The van der Waals surface area contributed by atoms with Gasteiger partial charge in [0.1, 0.15) is 5.69 Å². The van der Waals surface area contributed by atoms with Crippen molar-refractivity contribution < 1.29 is 4.42 Å². The lowest BCUT2D eigenvalue weighted by Gasteiger charge is -2.04. The first-order valence-corrected chi connectivity index (χ1v) is 7.84. The molecule has 2 N–H and O–H groups in total. The lowest BCUT2D eigenvalue weighted by molar-refractivity contribution is 0.530. The molecule has 0 saturated carbocycles. The lowest BCUT2D eigenvalue weighted by Crippen LogP contribution is -2.32. The highest BCUT2D eigenvalue weighted by Gasteiger charge is 2.11. The van der Waals surface area contributed by atoms with Gasteiger partial charge < -0.3 is 10.3 Å². The average Bonchev–Trinajstić information content (AvgIpc) is 3.14. The molecule has 3 rings (SSSR count). The van der Waals surface area contributed by atoms with E-state index in [0.717, 1.165) is 15.3 Å². The Balaban J connectivity index is 1.74. The van der Waals surface area contributed by atoms with Crippen LogP contribution in [0, 0.1) is 6.92 Å². The molecule has 0 fully saturated rings. The fraction of sp³-hybridized carbons (Fsp3) is 0.167. The number of nitrogen functional groups attached to an aromatic ring is 1. The van der Waals surface area contributed by atoms with E-state index in [4.69, 9.17) is 10.3 Å². The van der Waals surface area contributed by atoms with Crippen LogP contribution >= 0.6 is 23.1 Å². The largest absolute Gasteiger partial charge is 0.439 e. The van der Waals surface area contributed by atoms with E-state index in [1.54, 1.807) is 24.5 Å². The highest BCUT2D eigenvalue weighted by molar-refractivity contribution is 7.98. The SMILES string of the molecule is Cc1nnc(SCc2ncc(-c3cccs3)o2)n(N)c1=O. The molecule has 0 radical (unpaired) electrons. The van der Waals surface area contributed by atoms with Gasteiger partial charge >= 0.3 is 0 Å². The molecule has 21 heavy (non-hydrogen) atoms. The van der Waals surface area contributed by atoms with Crippen molar-refractivity contribution in [3.05, 3.63) is 45.6 Å². The molecular formula is C12H11N5O2S2. The molecule has 0 bridgehead atoms. The van der Waals surface area contributed by atoms with Gasteiger partial charge in [0.2, 0.25) is 11.0 Å². The van der Waals surface area contributed by atoms with Crippen LogP contribution in [0.4, 0.5) is 0 Å². The molecule has 0 amide bonds. The maximum Gasteiger partial charge on any atom is 0.294 e. The van der Waals surface area contributed by atoms with E-state index in [0.29, 0.717) is 16.8 Å². The monoisotopic (exact) mass is 321 g/mol. The van der Waals surface area contributed by atoms with Gasteiger partial charge in [0.15, 0.2) is 5.76 Å². The molecule has 3 heterocycles. The van der Waals surface area contributed by atoms with Crippen molar-refractivity contribution in [3.63, 3.8) is 0 Å². The Morgan fingerprint density at radius 1 is 1.48 bits per heavy atom. The third-order valence-electron chi connectivity index (χ3n) is 2.66. The zero-order chi connectivity index (χ0) is 14.8. The lowest BCUT2D eigenvalue weighted by atomic mass is 10.4. The van der Waals surface area contributed by atoms with Crippen LogP contribution in [0.15, 0.2) is 38.1 Å². The summed E-state index contributed by atoms with van der Waals surface area (Å²) in [5.74, 6) is 7.34. The van der Waals surface area contributed by atoms with Gasteiger partial charge in [-0.25, -0.2) is 4.98 Å². The summed E-state index contributed by atoms with van der Waals surface area (Å²) in [7, 11) is 0. The molecule has 0 aliphatic rings. The second kappa shape index (κ2) is 5.70. The van der Waals surface area contributed by atoms with Crippen LogP contribution in [-0.2, 0) is 5.75 Å². The standard InChI is InChI=1S/C12H11N5O2S2/c1-7-11(18)17(13)12(16-15-7)21-6-10-14-5-8(19-10)9-3-2-4-20-9/h2-5H,6,13H2,1H3. The molecule has 0 aromatic carbocycles. The Morgan fingerprint density at radius 3 is 3.10 bits per heavy atom.